The lowest BCUT2D eigenvalue weighted by Crippen LogP contribution is -2.20. The summed E-state index contributed by atoms with van der Waals surface area (Å²) in [6, 6.07) is 5.77. The first-order valence-corrected chi connectivity index (χ1v) is 5.93. The van der Waals surface area contributed by atoms with E-state index in [1.807, 2.05) is 18.2 Å². The molecule has 1 atom stereocenters. The molecule has 0 fully saturated rings. The molecule has 0 aromatic heterocycles. The van der Waals surface area contributed by atoms with Crippen LogP contribution in [0.3, 0.4) is 0 Å². The predicted molar refractivity (Wildman–Crippen MR) is 68.9 cm³/mol. The summed E-state index contributed by atoms with van der Waals surface area (Å²) in [6.07, 6.45) is 0.983. The fourth-order valence-corrected chi connectivity index (χ4v) is 1.59. The molecule has 1 aromatic carbocycles. The number of rotatable bonds is 7. The van der Waals surface area contributed by atoms with Gasteiger partial charge in [-0.15, -0.1) is 0 Å². The lowest BCUT2D eigenvalue weighted by atomic mass is 10.0. The van der Waals surface area contributed by atoms with E-state index in [-0.39, 0.29) is 6.04 Å². The third kappa shape index (κ3) is 4.00. The van der Waals surface area contributed by atoms with Crippen LogP contribution in [0.1, 0.15) is 30.5 Å². The minimum atomic E-state index is -0.133. The Morgan fingerprint density at radius 2 is 2.12 bits per heavy atom. The Labute approximate surface area is 103 Å². The molecular weight excluding hydrogens is 216 g/mol. The van der Waals surface area contributed by atoms with E-state index in [1.54, 1.807) is 7.11 Å². The first-order chi connectivity index (χ1) is 8.22. The lowest BCUT2D eigenvalue weighted by Gasteiger charge is -2.15. The predicted octanol–water partition coefficient (Wildman–Crippen LogP) is 1.58. The Bertz CT molecular complexity index is 342. The van der Waals surface area contributed by atoms with Crippen molar-refractivity contribution in [2.75, 3.05) is 20.3 Å². The van der Waals surface area contributed by atoms with Gasteiger partial charge in [0.2, 0.25) is 0 Å². The summed E-state index contributed by atoms with van der Waals surface area (Å²) < 4.78 is 10.8. The van der Waals surface area contributed by atoms with Gasteiger partial charge in [-0.2, -0.15) is 0 Å². The molecule has 0 radical (unpaired) electrons. The molecule has 0 heterocycles. The van der Waals surface area contributed by atoms with E-state index in [4.69, 9.17) is 20.9 Å². The van der Waals surface area contributed by atoms with Crippen molar-refractivity contribution >= 4 is 0 Å². The van der Waals surface area contributed by atoms with Crippen molar-refractivity contribution in [2.24, 2.45) is 11.5 Å². The number of benzene rings is 1. The Morgan fingerprint density at radius 1 is 1.35 bits per heavy atom. The maximum Gasteiger partial charge on any atom is 0.124 e. The van der Waals surface area contributed by atoms with Gasteiger partial charge in [0.1, 0.15) is 5.75 Å². The molecule has 0 aliphatic heterocycles. The molecular formula is C13H22N2O2. The average molecular weight is 238 g/mol. The molecule has 1 rings (SSSR count). The molecule has 0 spiro atoms. The second-order valence-electron chi connectivity index (χ2n) is 3.99. The van der Waals surface area contributed by atoms with Crippen LogP contribution >= 0.6 is 0 Å². The van der Waals surface area contributed by atoms with E-state index in [1.165, 1.54) is 0 Å². The van der Waals surface area contributed by atoms with Crippen molar-refractivity contribution in [3.8, 4) is 5.75 Å². The Kier molecular flexibility index (Phi) is 5.97. The van der Waals surface area contributed by atoms with E-state index in [0.29, 0.717) is 19.8 Å². The summed E-state index contributed by atoms with van der Waals surface area (Å²) >= 11 is 0. The molecule has 17 heavy (non-hydrogen) atoms. The number of hydrogen-bond acceptors (Lipinski definition) is 4. The van der Waals surface area contributed by atoms with E-state index < -0.39 is 0 Å². The van der Waals surface area contributed by atoms with Crippen LogP contribution in [-0.4, -0.2) is 20.3 Å². The van der Waals surface area contributed by atoms with Crippen molar-refractivity contribution < 1.29 is 9.47 Å². The van der Waals surface area contributed by atoms with Crippen molar-refractivity contribution in [3.05, 3.63) is 29.3 Å². The van der Waals surface area contributed by atoms with Crippen LogP contribution in [0, 0.1) is 0 Å². The Balaban J connectivity index is 2.90. The van der Waals surface area contributed by atoms with E-state index in [2.05, 4.69) is 6.92 Å². The zero-order valence-corrected chi connectivity index (χ0v) is 10.6. The summed E-state index contributed by atoms with van der Waals surface area (Å²) in [5.41, 5.74) is 13.5. The Hall–Kier alpha value is -1.10. The van der Waals surface area contributed by atoms with E-state index >= 15 is 0 Å². The highest BCUT2D eigenvalue weighted by Gasteiger charge is 2.09. The summed E-state index contributed by atoms with van der Waals surface area (Å²) in [5, 5.41) is 0. The van der Waals surface area contributed by atoms with Gasteiger partial charge in [-0.05, 0) is 24.1 Å². The van der Waals surface area contributed by atoms with E-state index in [9.17, 15) is 0 Å². The quantitative estimate of drug-likeness (QED) is 0.756. The SMILES string of the molecule is CCCOc1ccc(C(N)CN)cc1COC. The minimum Gasteiger partial charge on any atom is -0.493 e. The van der Waals surface area contributed by atoms with Crippen molar-refractivity contribution in [1.29, 1.82) is 0 Å². The third-order valence-corrected chi connectivity index (χ3v) is 2.53. The molecule has 0 aliphatic carbocycles. The van der Waals surface area contributed by atoms with Gasteiger partial charge < -0.3 is 20.9 Å². The van der Waals surface area contributed by atoms with Gasteiger partial charge in [-0.25, -0.2) is 0 Å². The van der Waals surface area contributed by atoms with Crippen LogP contribution in [0.15, 0.2) is 18.2 Å². The number of ether oxygens (including phenoxy) is 2. The lowest BCUT2D eigenvalue weighted by molar-refractivity contribution is 0.179. The fraction of sp³-hybridized carbons (Fsp3) is 0.538. The highest BCUT2D eigenvalue weighted by atomic mass is 16.5. The molecule has 0 aliphatic rings. The molecule has 0 saturated heterocycles. The zero-order valence-electron chi connectivity index (χ0n) is 10.6. The van der Waals surface area contributed by atoms with Crippen LogP contribution in [0.2, 0.25) is 0 Å². The second kappa shape index (κ2) is 7.27. The molecule has 0 amide bonds. The summed E-state index contributed by atoms with van der Waals surface area (Å²) in [4.78, 5) is 0. The van der Waals surface area contributed by atoms with Crippen molar-refractivity contribution in [3.63, 3.8) is 0 Å². The smallest absolute Gasteiger partial charge is 0.124 e. The largest absolute Gasteiger partial charge is 0.493 e. The van der Waals surface area contributed by atoms with Gasteiger partial charge in [0.05, 0.1) is 13.2 Å². The molecule has 0 saturated carbocycles. The van der Waals surface area contributed by atoms with Crippen LogP contribution in [-0.2, 0) is 11.3 Å². The summed E-state index contributed by atoms with van der Waals surface area (Å²) in [7, 11) is 1.67. The van der Waals surface area contributed by atoms with Crippen molar-refractivity contribution in [2.45, 2.75) is 26.0 Å². The molecule has 0 bridgehead atoms. The zero-order chi connectivity index (χ0) is 12.7. The van der Waals surface area contributed by atoms with Crippen LogP contribution < -0.4 is 16.2 Å². The fourth-order valence-electron chi connectivity index (χ4n) is 1.59. The highest BCUT2D eigenvalue weighted by Crippen LogP contribution is 2.23. The van der Waals surface area contributed by atoms with Gasteiger partial charge in [0.15, 0.2) is 0 Å². The number of nitrogens with two attached hydrogens (primary N) is 2. The first-order valence-electron chi connectivity index (χ1n) is 5.93. The van der Waals surface area contributed by atoms with Crippen LogP contribution in [0.4, 0.5) is 0 Å². The average Bonchev–Trinajstić information content (AvgIpc) is 2.36. The maximum absolute atomic E-state index is 5.90. The highest BCUT2D eigenvalue weighted by molar-refractivity contribution is 5.38. The Morgan fingerprint density at radius 3 is 2.71 bits per heavy atom. The van der Waals surface area contributed by atoms with Gasteiger partial charge in [0, 0.05) is 25.3 Å². The van der Waals surface area contributed by atoms with Gasteiger partial charge in [-0.3, -0.25) is 0 Å². The molecule has 4 N–H and O–H groups in total. The number of hydrogen-bond donors (Lipinski definition) is 2. The standard InChI is InChI=1S/C13H22N2O2/c1-3-6-17-13-5-4-10(12(15)8-14)7-11(13)9-16-2/h4-5,7,12H,3,6,8-9,14-15H2,1-2H3. The monoisotopic (exact) mass is 238 g/mol. The van der Waals surface area contributed by atoms with Crippen molar-refractivity contribution in [1.82, 2.24) is 0 Å². The third-order valence-electron chi connectivity index (χ3n) is 2.53. The number of methoxy groups -OCH3 is 1. The molecule has 1 unspecified atom stereocenters. The van der Waals surface area contributed by atoms with Crippen LogP contribution in [0.5, 0.6) is 5.75 Å². The molecule has 1 aromatic rings. The summed E-state index contributed by atoms with van der Waals surface area (Å²) in [5.74, 6) is 0.863. The van der Waals surface area contributed by atoms with Gasteiger partial charge >= 0.3 is 0 Å². The first kappa shape index (κ1) is 14.0. The van der Waals surface area contributed by atoms with E-state index in [0.717, 1.165) is 23.3 Å². The summed E-state index contributed by atoms with van der Waals surface area (Å²) in [6.45, 7) is 3.74. The van der Waals surface area contributed by atoms with Gasteiger partial charge in [0.25, 0.3) is 0 Å². The van der Waals surface area contributed by atoms with Gasteiger partial charge in [-0.1, -0.05) is 13.0 Å². The topological polar surface area (TPSA) is 70.5 Å². The second-order valence-corrected chi connectivity index (χ2v) is 3.99. The molecule has 4 heteroatoms. The van der Waals surface area contributed by atoms with Crippen LogP contribution in [0.25, 0.3) is 0 Å². The normalized spacial score (nSPS) is 12.5. The minimum absolute atomic E-state index is 0.133. The molecule has 4 nitrogen and oxygen atoms in total. The maximum atomic E-state index is 5.90. The molecule has 96 valence electrons.